The van der Waals surface area contributed by atoms with Gasteiger partial charge in [0.05, 0.1) is 0 Å². The molecule has 2 aromatic rings. The predicted octanol–water partition coefficient (Wildman–Crippen LogP) is 2.60. The van der Waals surface area contributed by atoms with E-state index < -0.39 is 0 Å². The summed E-state index contributed by atoms with van der Waals surface area (Å²) in [5.41, 5.74) is 10.2. The van der Waals surface area contributed by atoms with E-state index in [0.29, 0.717) is 12.3 Å². The molecule has 0 radical (unpaired) electrons. The van der Waals surface area contributed by atoms with E-state index in [1.807, 2.05) is 12.1 Å². The Hall–Kier alpha value is -2.07. The van der Waals surface area contributed by atoms with Crippen LogP contribution >= 0.6 is 0 Å². The van der Waals surface area contributed by atoms with Crippen LogP contribution in [0.2, 0.25) is 0 Å². The van der Waals surface area contributed by atoms with E-state index in [2.05, 4.69) is 16.0 Å². The van der Waals surface area contributed by atoms with E-state index in [0.717, 1.165) is 36.2 Å². The first-order valence-corrected chi connectivity index (χ1v) is 8.40. The molecule has 4 rings (SSSR count). The fourth-order valence-corrected chi connectivity index (χ4v) is 3.25. The SMILES string of the molecule is NC1CCc2cc(C(=O)Cc3cnc(C4CC4)nc3)ccc2C1. The van der Waals surface area contributed by atoms with Crippen LogP contribution in [0.5, 0.6) is 0 Å². The molecule has 0 saturated heterocycles. The summed E-state index contributed by atoms with van der Waals surface area (Å²) in [5, 5.41) is 0. The van der Waals surface area contributed by atoms with Crippen LogP contribution in [0.25, 0.3) is 0 Å². The van der Waals surface area contributed by atoms with E-state index in [4.69, 9.17) is 5.73 Å². The summed E-state index contributed by atoms with van der Waals surface area (Å²) in [5.74, 6) is 1.60. The van der Waals surface area contributed by atoms with Crippen molar-refractivity contribution < 1.29 is 4.79 Å². The second kappa shape index (κ2) is 5.85. The standard InChI is InChI=1S/C19H21N3O/c20-17-6-5-14-8-16(4-3-15(14)9-17)18(23)7-12-10-21-19(22-11-12)13-1-2-13/h3-4,8,10-11,13,17H,1-2,5-7,9,20H2. The first-order valence-electron chi connectivity index (χ1n) is 8.40. The molecule has 0 amide bonds. The van der Waals surface area contributed by atoms with Gasteiger partial charge in [-0.1, -0.05) is 12.1 Å². The van der Waals surface area contributed by atoms with Gasteiger partial charge >= 0.3 is 0 Å². The molecule has 0 bridgehead atoms. The molecule has 1 aromatic carbocycles. The largest absolute Gasteiger partial charge is 0.327 e. The van der Waals surface area contributed by atoms with Crippen LogP contribution < -0.4 is 5.73 Å². The van der Waals surface area contributed by atoms with E-state index >= 15 is 0 Å². The quantitative estimate of drug-likeness (QED) is 0.882. The Labute approximate surface area is 136 Å². The summed E-state index contributed by atoms with van der Waals surface area (Å²) < 4.78 is 0. The molecule has 1 aromatic heterocycles. The minimum Gasteiger partial charge on any atom is -0.327 e. The van der Waals surface area contributed by atoms with Crippen molar-refractivity contribution in [2.24, 2.45) is 5.73 Å². The molecule has 118 valence electrons. The predicted molar refractivity (Wildman–Crippen MR) is 88.5 cm³/mol. The zero-order chi connectivity index (χ0) is 15.8. The van der Waals surface area contributed by atoms with E-state index in [-0.39, 0.29) is 11.8 Å². The van der Waals surface area contributed by atoms with Crippen molar-refractivity contribution in [2.45, 2.75) is 50.5 Å². The van der Waals surface area contributed by atoms with E-state index in [1.54, 1.807) is 12.4 Å². The van der Waals surface area contributed by atoms with Gasteiger partial charge in [0.1, 0.15) is 5.82 Å². The van der Waals surface area contributed by atoms with E-state index in [9.17, 15) is 4.79 Å². The Morgan fingerprint density at radius 3 is 2.65 bits per heavy atom. The summed E-state index contributed by atoms with van der Waals surface area (Å²) in [7, 11) is 0. The number of aryl methyl sites for hydroxylation is 1. The van der Waals surface area contributed by atoms with Gasteiger partial charge in [0.25, 0.3) is 0 Å². The summed E-state index contributed by atoms with van der Waals surface area (Å²) in [6.07, 6.45) is 9.24. The number of benzene rings is 1. The van der Waals surface area contributed by atoms with Gasteiger partial charge in [-0.2, -0.15) is 0 Å². The third-order valence-corrected chi connectivity index (χ3v) is 4.83. The number of carbonyl (C=O) groups excluding carboxylic acids is 1. The van der Waals surface area contributed by atoms with Crippen LogP contribution in [0.4, 0.5) is 0 Å². The van der Waals surface area contributed by atoms with Gasteiger partial charge in [-0.3, -0.25) is 4.79 Å². The molecule has 1 fully saturated rings. The van der Waals surface area contributed by atoms with Gasteiger partial charge in [-0.25, -0.2) is 9.97 Å². The smallest absolute Gasteiger partial charge is 0.167 e. The number of hydrogen-bond donors (Lipinski definition) is 1. The zero-order valence-electron chi connectivity index (χ0n) is 13.2. The summed E-state index contributed by atoms with van der Waals surface area (Å²) >= 11 is 0. The van der Waals surface area contributed by atoms with Gasteiger partial charge in [0.15, 0.2) is 5.78 Å². The molecular formula is C19H21N3O. The Bertz CT molecular complexity index is 735. The Morgan fingerprint density at radius 2 is 1.91 bits per heavy atom. The number of fused-ring (bicyclic) bond motifs is 1. The van der Waals surface area contributed by atoms with Gasteiger partial charge in [-0.15, -0.1) is 0 Å². The van der Waals surface area contributed by atoms with Gasteiger partial charge < -0.3 is 5.73 Å². The maximum atomic E-state index is 12.5. The van der Waals surface area contributed by atoms with Crippen LogP contribution in [0, 0.1) is 0 Å². The van der Waals surface area contributed by atoms with Gasteiger partial charge in [-0.05, 0) is 54.9 Å². The molecule has 0 aliphatic heterocycles. The van der Waals surface area contributed by atoms with Crippen LogP contribution in [0.15, 0.2) is 30.6 Å². The van der Waals surface area contributed by atoms with Crippen molar-refractivity contribution in [1.29, 1.82) is 0 Å². The van der Waals surface area contributed by atoms with Crippen LogP contribution in [0.1, 0.15) is 58.1 Å². The number of nitrogens with two attached hydrogens (primary N) is 1. The number of aromatic nitrogens is 2. The molecule has 1 saturated carbocycles. The van der Waals surface area contributed by atoms with Crippen LogP contribution in [-0.4, -0.2) is 21.8 Å². The third-order valence-electron chi connectivity index (χ3n) is 4.83. The number of ketones is 1. The molecule has 4 nitrogen and oxygen atoms in total. The zero-order valence-corrected chi connectivity index (χ0v) is 13.2. The monoisotopic (exact) mass is 307 g/mol. The second-order valence-electron chi connectivity index (χ2n) is 6.81. The highest BCUT2D eigenvalue weighted by molar-refractivity contribution is 5.97. The number of hydrogen-bond acceptors (Lipinski definition) is 4. The van der Waals surface area contributed by atoms with Gasteiger partial charge in [0.2, 0.25) is 0 Å². The Morgan fingerprint density at radius 1 is 1.13 bits per heavy atom. The Kier molecular flexibility index (Phi) is 3.69. The summed E-state index contributed by atoms with van der Waals surface area (Å²) in [6.45, 7) is 0. The molecule has 23 heavy (non-hydrogen) atoms. The Balaban J connectivity index is 1.48. The first kappa shape index (κ1) is 14.5. The van der Waals surface area contributed by atoms with Crippen molar-refractivity contribution in [2.75, 3.05) is 0 Å². The van der Waals surface area contributed by atoms with Crippen molar-refractivity contribution in [1.82, 2.24) is 9.97 Å². The normalized spacial score (nSPS) is 20.1. The minimum atomic E-state index is 0.130. The highest BCUT2D eigenvalue weighted by atomic mass is 16.1. The van der Waals surface area contributed by atoms with Crippen LogP contribution in [-0.2, 0) is 19.3 Å². The minimum absolute atomic E-state index is 0.130. The topological polar surface area (TPSA) is 68.9 Å². The fourth-order valence-electron chi connectivity index (χ4n) is 3.25. The third kappa shape index (κ3) is 3.17. The molecule has 2 aliphatic carbocycles. The fraction of sp³-hybridized carbons (Fsp3) is 0.421. The van der Waals surface area contributed by atoms with Crippen molar-refractivity contribution in [3.05, 3.63) is 58.7 Å². The molecule has 1 atom stereocenters. The maximum Gasteiger partial charge on any atom is 0.167 e. The number of rotatable bonds is 4. The average Bonchev–Trinajstić information content (AvgIpc) is 3.40. The molecular weight excluding hydrogens is 286 g/mol. The lowest BCUT2D eigenvalue weighted by Gasteiger charge is -2.21. The molecule has 1 heterocycles. The lowest BCUT2D eigenvalue weighted by molar-refractivity contribution is 0.0992. The second-order valence-corrected chi connectivity index (χ2v) is 6.81. The number of carbonyl (C=O) groups is 1. The van der Waals surface area contributed by atoms with Crippen molar-refractivity contribution in [3.63, 3.8) is 0 Å². The molecule has 2 aliphatic rings. The summed E-state index contributed by atoms with van der Waals surface area (Å²) in [6, 6.07) is 6.29. The lowest BCUT2D eigenvalue weighted by Crippen LogP contribution is -2.28. The molecule has 0 spiro atoms. The molecule has 2 N–H and O–H groups in total. The average molecular weight is 307 g/mol. The molecule has 1 unspecified atom stereocenters. The van der Waals surface area contributed by atoms with Crippen LogP contribution in [0.3, 0.4) is 0 Å². The maximum absolute atomic E-state index is 12.5. The highest BCUT2D eigenvalue weighted by Crippen LogP contribution is 2.37. The highest BCUT2D eigenvalue weighted by Gasteiger charge is 2.26. The summed E-state index contributed by atoms with van der Waals surface area (Å²) in [4.78, 5) is 21.3. The van der Waals surface area contributed by atoms with E-state index in [1.165, 1.54) is 24.0 Å². The first-order chi connectivity index (χ1) is 11.2. The lowest BCUT2D eigenvalue weighted by atomic mass is 9.87. The van der Waals surface area contributed by atoms with Gasteiger partial charge in [0, 0.05) is 36.3 Å². The number of Topliss-reactive ketones (excluding diaryl/α,β-unsaturated/α-hetero) is 1. The van der Waals surface area contributed by atoms with Crippen molar-refractivity contribution in [3.8, 4) is 0 Å². The number of nitrogens with zero attached hydrogens (tertiary/aromatic N) is 2. The molecule has 4 heteroatoms. The van der Waals surface area contributed by atoms with Crippen molar-refractivity contribution >= 4 is 5.78 Å².